The van der Waals surface area contributed by atoms with Gasteiger partial charge in [-0.2, -0.15) is 0 Å². The van der Waals surface area contributed by atoms with Gasteiger partial charge in [-0.1, -0.05) is 6.07 Å². The van der Waals surface area contributed by atoms with Crippen LogP contribution in [-0.4, -0.2) is 31.4 Å². The molecule has 1 heterocycles. The van der Waals surface area contributed by atoms with Crippen LogP contribution in [0.15, 0.2) is 12.1 Å². The molecule has 17 heavy (non-hydrogen) atoms. The van der Waals surface area contributed by atoms with Crippen LogP contribution < -0.4 is 9.47 Å². The predicted molar refractivity (Wildman–Crippen MR) is 59.5 cm³/mol. The monoisotopic (exact) mass is 238 g/mol. The number of hydrogen-bond donors (Lipinski definition) is 1. The lowest BCUT2D eigenvalue weighted by Gasteiger charge is -2.22. The Labute approximate surface area is 98.9 Å². The van der Waals surface area contributed by atoms with E-state index in [2.05, 4.69) is 0 Å². The standard InChI is InChI=1S/C12H14O5/c1-15-7-9-8(6-11(13)14)2-3-10-12(9)17-5-4-16-10/h2-3H,4-7H2,1H3,(H,13,14). The van der Waals surface area contributed by atoms with Crippen LogP contribution in [0.2, 0.25) is 0 Å². The average Bonchev–Trinajstić information content (AvgIpc) is 2.32. The van der Waals surface area contributed by atoms with Crippen LogP contribution in [0.3, 0.4) is 0 Å². The summed E-state index contributed by atoms with van der Waals surface area (Å²) in [4.78, 5) is 10.8. The Morgan fingerprint density at radius 1 is 1.41 bits per heavy atom. The van der Waals surface area contributed by atoms with Crippen molar-refractivity contribution in [1.82, 2.24) is 0 Å². The first-order valence-corrected chi connectivity index (χ1v) is 5.33. The fraction of sp³-hybridized carbons (Fsp3) is 0.417. The summed E-state index contributed by atoms with van der Waals surface area (Å²) in [5.74, 6) is 0.383. The zero-order valence-corrected chi connectivity index (χ0v) is 9.56. The third-order valence-corrected chi connectivity index (χ3v) is 2.54. The molecule has 1 aliphatic rings. The summed E-state index contributed by atoms with van der Waals surface area (Å²) in [6, 6.07) is 3.49. The summed E-state index contributed by atoms with van der Waals surface area (Å²) < 4.78 is 16.1. The third kappa shape index (κ3) is 2.50. The zero-order valence-electron chi connectivity index (χ0n) is 9.56. The number of benzene rings is 1. The van der Waals surface area contributed by atoms with E-state index >= 15 is 0 Å². The molecule has 0 amide bonds. The molecule has 0 aliphatic carbocycles. The molecule has 2 rings (SSSR count). The second-order valence-corrected chi connectivity index (χ2v) is 3.73. The minimum Gasteiger partial charge on any atom is -0.486 e. The van der Waals surface area contributed by atoms with Gasteiger partial charge in [0.05, 0.1) is 13.0 Å². The number of ether oxygens (including phenoxy) is 3. The number of methoxy groups -OCH3 is 1. The van der Waals surface area contributed by atoms with E-state index in [0.717, 1.165) is 5.56 Å². The first kappa shape index (κ1) is 11.7. The molecule has 0 bridgehead atoms. The van der Waals surface area contributed by atoms with Gasteiger partial charge in [0.1, 0.15) is 13.2 Å². The topological polar surface area (TPSA) is 65.0 Å². The van der Waals surface area contributed by atoms with Crippen LogP contribution in [0.25, 0.3) is 0 Å². The summed E-state index contributed by atoms with van der Waals surface area (Å²) in [5.41, 5.74) is 1.45. The van der Waals surface area contributed by atoms with Gasteiger partial charge in [-0.15, -0.1) is 0 Å². The SMILES string of the molecule is COCc1c(CC(=O)O)ccc2c1OCCO2. The molecule has 0 fully saturated rings. The molecule has 0 aromatic heterocycles. The van der Waals surface area contributed by atoms with E-state index in [9.17, 15) is 4.79 Å². The van der Waals surface area contributed by atoms with Crippen LogP contribution in [0.5, 0.6) is 11.5 Å². The molecule has 0 unspecified atom stereocenters. The predicted octanol–water partition coefficient (Wildman–Crippen LogP) is 1.23. The fourth-order valence-corrected chi connectivity index (χ4v) is 1.85. The smallest absolute Gasteiger partial charge is 0.307 e. The molecule has 0 saturated carbocycles. The highest BCUT2D eigenvalue weighted by Crippen LogP contribution is 2.36. The molecule has 0 atom stereocenters. The number of carboxylic acid groups (broad SMARTS) is 1. The minimum absolute atomic E-state index is 0.0463. The fourth-order valence-electron chi connectivity index (χ4n) is 1.85. The van der Waals surface area contributed by atoms with Gasteiger partial charge in [-0.3, -0.25) is 4.79 Å². The van der Waals surface area contributed by atoms with Crippen molar-refractivity contribution < 1.29 is 24.1 Å². The van der Waals surface area contributed by atoms with E-state index in [4.69, 9.17) is 19.3 Å². The number of carbonyl (C=O) groups is 1. The highest BCUT2D eigenvalue weighted by Gasteiger charge is 2.20. The van der Waals surface area contributed by atoms with Crippen molar-refractivity contribution in [3.8, 4) is 11.5 Å². The maximum atomic E-state index is 10.8. The van der Waals surface area contributed by atoms with E-state index in [1.54, 1.807) is 19.2 Å². The van der Waals surface area contributed by atoms with Crippen LogP contribution >= 0.6 is 0 Å². The summed E-state index contributed by atoms with van der Waals surface area (Å²) in [6.45, 7) is 1.30. The molecule has 0 spiro atoms. The van der Waals surface area contributed by atoms with Crippen molar-refractivity contribution in [3.63, 3.8) is 0 Å². The van der Waals surface area contributed by atoms with Crippen molar-refractivity contribution in [2.45, 2.75) is 13.0 Å². The Kier molecular flexibility index (Phi) is 3.49. The highest BCUT2D eigenvalue weighted by atomic mass is 16.6. The van der Waals surface area contributed by atoms with Crippen LogP contribution in [0.1, 0.15) is 11.1 Å². The molecule has 1 N–H and O–H groups in total. The Hall–Kier alpha value is -1.75. The third-order valence-electron chi connectivity index (χ3n) is 2.54. The zero-order chi connectivity index (χ0) is 12.3. The quantitative estimate of drug-likeness (QED) is 0.854. The molecule has 0 radical (unpaired) electrons. The van der Waals surface area contributed by atoms with E-state index < -0.39 is 5.97 Å². The molecular formula is C12H14O5. The van der Waals surface area contributed by atoms with E-state index in [1.807, 2.05) is 0 Å². The molecule has 5 heteroatoms. The Morgan fingerprint density at radius 3 is 2.88 bits per heavy atom. The van der Waals surface area contributed by atoms with Crippen LogP contribution in [-0.2, 0) is 22.6 Å². The first-order chi connectivity index (χ1) is 8.22. The number of aliphatic carboxylic acids is 1. The van der Waals surface area contributed by atoms with Gasteiger partial charge >= 0.3 is 5.97 Å². The maximum absolute atomic E-state index is 10.8. The van der Waals surface area contributed by atoms with Crippen molar-refractivity contribution in [2.75, 3.05) is 20.3 Å². The van der Waals surface area contributed by atoms with Gasteiger partial charge in [-0.25, -0.2) is 0 Å². The molecule has 0 saturated heterocycles. The van der Waals surface area contributed by atoms with Crippen LogP contribution in [0.4, 0.5) is 0 Å². The minimum atomic E-state index is -0.876. The number of hydrogen-bond acceptors (Lipinski definition) is 4. The van der Waals surface area contributed by atoms with Gasteiger partial charge in [0.2, 0.25) is 0 Å². The number of rotatable bonds is 4. The van der Waals surface area contributed by atoms with Crippen molar-refractivity contribution in [2.24, 2.45) is 0 Å². The summed E-state index contributed by atoms with van der Waals surface area (Å²) in [7, 11) is 1.56. The van der Waals surface area contributed by atoms with Gasteiger partial charge in [0.25, 0.3) is 0 Å². The molecule has 1 aromatic carbocycles. The summed E-state index contributed by atoms with van der Waals surface area (Å²) in [6.07, 6.45) is -0.0463. The number of fused-ring (bicyclic) bond motifs is 1. The molecule has 5 nitrogen and oxygen atoms in total. The molecule has 1 aromatic rings. The largest absolute Gasteiger partial charge is 0.486 e. The lowest BCUT2D eigenvalue weighted by atomic mass is 10.0. The van der Waals surface area contributed by atoms with Gasteiger partial charge in [0.15, 0.2) is 11.5 Å². The van der Waals surface area contributed by atoms with Gasteiger partial charge in [0, 0.05) is 12.7 Å². The van der Waals surface area contributed by atoms with Gasteiger partial charge < -0.3 is 19.3 Å². The van der Waals surface area contributed by atoms with E-state index in [0.29, 0.717) is 36.9 Å². The lowest BCUT2D eigenvalue weighted by molar-refractivity contribution is -0.136. The maximum Gasteiger partial charge on any atom is 0.307 e. The van der Waals surface area contributed by atoms with E-state index in [-0.39, 0.29) is 6.42 Å². The normalized spacial score (nSPS) is 13.5. The Bertz CT molecular complexity index is 427. The van der Waals surface area contributed by atoms with Crippen molar-refractivity contribution >= 4 is 5.97 Å². The highest BCUT2D eigenvalue weighted by molar-refractivity contribution is 5.71. The second kappa shape index (κ2) is 5.05. The van der Waals surface area contributed by atoms with Crippen molar-refractivity contribution in [3.05, 3.63) is 23.3 Å². The van der Waals surface area contributed by atoms with Crippen molar-refractivity contribution in [1.29, 1.82) is 0 Å². The summed E-state index contributed by atoms with van der Waals surface area (Å²) >= 11 is 0. The lowest BCUT2D eigenvalue weighted by Crippen LogP contribution is -2.18. The average molecular weight is 238 g/mol. The number of carboxylic acids is 1. The second-order valence-electron chi connectivity index (χ2n) is 3.73. The Balaban J connectivity index is 2.41. The molecule has 92 valence electrons. The first-order valence-electron chi connectivity index (χ1n) is 5.33. The van der Waals surface area contributed by atoms with Crippen LogP contribution in [0, 0.1) is 0 Å². The van der Waals surface area contributed by atoms with E-state index in [1.165, 1.54) is 0 Å². The van der Waals surface area contributed by atoms with Gasteiger partial charge in [-0.05, 0) is 11.6 Å². The molecular weight excluding hydrogens is 224 g/mol. The Morgan fingerprint density at radius 2 is 2.18 bits per heavy atom. The molecule has 1 aliphatic heterocycles. The summed E-state index contributed by atoms with van der Waals surface area (Å²) in [5, 5.41) is 8.85.